The van der Waals surface area contributed by atoms with Crippen molar-refractivity contribution in [2.45, 2.75) is 11.8 Å². The van der Waals surface area contributed by atoms with E-state index in [0.717, 1.165) is 10.8 Å². The van der Waals surface area contributed by atoms with Gasteiger partial charge in [0, 0.05) is 5.39 Å². The van der Waals surface area contributed by atoms with Gasteiger partial charge in [0.05, 0.1) is 24.5 Å². The Labute approximate surface area is 203 Å². The summed E-state index contributed by atoms with van der Waals surface area (Å²) < 4.78 is 67.8. The summed E-state index contributed by atoms with van der Waals surface area (Å²) in [5.74, 6) is 0.350. The molecule has 36 heavy (non-hydrogen) atoms. The summed E-state index contributed by atoms with van der Waals surface area (Å²) in [5, 5.41) is 17.0. The van der Waals surface area contributed by atoms with Crippen LogP contribution in [0.3, 0.4) is 0 Å². The highest BCUT2D eigenvalue weighted by Gasteiger charge is 2.56. The summed E-state index contributed by atoms with van der Waals surface area (Å²) >= 11 is 0. The fourth-order valence-electron chi connectivity index (χ4n) is 4.01. The molecule has 1 aromatic heterocycles. The Morgan fingerprint density at radius 1 is 0.833 bits per heavy atom. The number of nitrogens with zero attached hydrogens (tertiary/aromatic N) is 2. The van der Waals surface area contributed by atoms with Crippen molar-refractivity contribution in [2.24, 2.45) is 0 Å². The minimum atomic E-state index is -5.02. The number of fused-ring (bicyclic) bond motifs is 2. The van der Waals surface area contributed by atoms with Crippen molar-refractivity contribution < 1.29 is 32.1 Å². The van der Waals surface area contributed by atoms with Gasteiger partial charge in [0.25, 0.3) is 0 Å². The first-order chi connectivity index (χ1) is 17.2. The van der Waals surface area contributed by atoms with Crippen LogP contribution in [0.1, 0.15) is 5.56 Å². The first kappa shape index (κ1) is 23.6. The van der Waals surface area contributed by atoms with E-state index in [1.165, 1.54) is 60.5 Å². The number of hydrogen-bond acceptors (Lipinski definition) is 4. The molecule has 1 heterocycles. The summed E-state index contributed by atoms with van der Waals surface area (Å²) in [4.78, 5) is 0. The average molecular weight is 496 g/mol. The third-order valence-corrected chi connectivity index (χ3v) is 6.05. The minimum absolute atomic E-state index is 0.170. The molecule has 0 fully saturated rings. The van der Waals surface area contributed by atoms with Crippen molar-refractivity contribution in [3.05, 3.63) is 96.4 Å². The molecular weight excluding hydrogens is 476 g/mol. The molecule has 4 aromatic carbocycles. The van der Waals surface area contributed by atoms with Gasteiger partial charge >= 0.3 is 6.18 Å². The monoisotopic (exact) mass is 496 g/mol. The summed E-state index contributed by atoms with van der Waals surface area (Å²) in [6.45, 7) is -1.05. The van der Waals surface area contributed by atoms with Gasteiger partial charge in [-0.2, -0.15) is 18.3 Å². The van der Waals surface area contributed by atoms with Gasteiger partial charge in [0.2, 0.25) is 5.60 Å². The summed E-state index contributed by atoms with van der Waals surface area (Å²) in [6.07, 6.45) is -3.63. The van der Waals surface area contributed by atoms with E-state index in [4.69, 9.17) is 9.47 Å². The summed E-state index contributed by atoms with van der Waals surface area (Å²) in [7, 11) is 1.52. The lowest BCUT2D eigenvalue weighted by Gasteiger charge is -2.31. The fraction of sp³-hybridized carbons (Fsp3) is 0.148. The van der Waals surface area contributed by atoms with Gasteiger partial charge in [-0.05, 0) is 77.0 Å². The van der Waals surface area contributed by atoms with Crippen molar-refractivity contribution in [3.8, 4) is 17.2 Å². The molecule has 0 aliphatic carbocycles. The Morgan fingerprint density at radius 3 is 2.22 bits per heavy atom. The highest BCUT2D eigenvalue weighted by molar-refractivity contribution is 5.85. The average Bonchev–Trinajstić information content (AvgIpc) is 3.30. The van der Waals surface area contributed by atoms with E-state index in [2.05, 4.69) is 5.10 Å². The molecule has 0 aliphatic rings. The van der Waals surface area contributed by atoms with Crippen LogP contribution in [-0.2, 0) is 5.60 Å². The molecule has 0 aliphatic heterocycles. The van der Waals surface area contributed by atoms with Crippen LogP contribution in [0.2, 0.25) is 0 Å². The molecule has 5 aromatic rings. The van der Waals surface area contributed by atoms with Crippen LogP contribution in [-0.4, -0.2) is 34.8 Å². The Morgan fingerprint density at radius 2 is 1.53 bits per heavy atom. The standard InChI is InChI=1S/C27H20F4N2O3/c1-35-23-9-2-17-3-10-24(14-18(17)13-23)36-16-26(34,27(29,30)31)20-4-11-25-19(12-20)15-32-33(25)22-7-5-21(28)6-8-22/h2-15,34H,16H2,1H3. The number of hydrogen-bond donors (Lipinski definition) is 1. The smallest absolute Gasteiger partial charge is 0.424 e. The molecule has 0 saturated heterocycles. The maximum absolute atomic E-state index is 14.1. The number of methoxy groups -OCH3 is 1. The molecule has 0 bridgehead atoms. The number of ether oxygens (including phenoxy) is 2. The SMILES string of the molecule is COc1ccc2ccc(OCC(O)(c3ccc4c(cnn4-c4ccc(F)cc4)c3)C(F)(F)F)cc2c1. The molecule has 9 heteroatoms. The van der Waals surface area contributed by atoms with Crippen LogP contribution in [0, 0.1) is 5.82 Å². The number of rotatable bonds is 6. The van der Waals surface area contributed by atoms with E-state index in [1.54, 1.807) is 30.3 Å². The van der Waals surface area contributed by atoms with Crippen molar-refractivity contribution in [2.75, 3.05) is 13.7 Å². The molecular formula is C27H20F4N2O3. The van der Waals surface area contributed by atoms with E-state index in [0.29, 0.717) is 22.3 Å². The molecule has 5 rings (SSSR count). The number of halogens is 4. The van der Waals surface area contributed by atoms with Gasteiger partial charge in [-0.3, -0.25) is 0 Å². The zero-order chi connectivity index (χ0) is 25.5. The maximum atomic E-state index is 14.1. The molecule has 5 nitrogen and oxygen atoms in total. The summed E-state index contributed by atoms with van der Waals surface area (Å²) in [6, 6.07) is 19.6. The number of benzene rings is 4. The molecule has 0 saturated carbocycles. The van der Waals surface area contributed by atoms with Gasteiger partial charge in [0.1, 0.15) is 23.9 Å². The topological polar surface area (TPSA) is 56.5 Å². The maximum Gasteiger partial charge on any atom is 0.424 e. The molecule has 1 atom stereocenters. The quantitative estimate of drug-likeness (QED) is 0.286. The highest BCUT2D eigenvalue weighted by Crippen LogP contribution is 2.41. The fourth-order valence-corrected chi connectivity index (χ4v) is 4.01. The first-order valence-electron chi connectivity index (χ1n) is 10.9. The second kappa shape index (κ2) is 8.83. The van der Waals surface area contributed by atoms with Crippen LogP contribution in [0.4, 0.5) is 17.6 Å². The van der Waals surface area contributed by atoms with E-state index in [9.17, 15) is 22.7 Å². The van der Waals surface area contributed by atoms with Gasteiger partial charge < -0.3 is 14.6 Å². The largest absolute Gasteiger partial charge is 0.497 e. The van der Waals surface area contributed by atoms with Gasteiger partial charge in [0.15, 0.2) is 0 Å². The molecule has 0 amide bonds. The van der Waals surface area contributed by atoms with E-state index in [1.807, 2.05) is 6.07 Å². The Kier molecular flexibility index (Phi) is 5.80. The molecule has 184 valence electrons. The second-order valence-corrected chi connectivity index (χ2v) is 8.33. The summed E-state index contributed by atoms with van der Waals surface area (Å²) in [5.41, 5.74) is -2.62. The van der Waals surface area contributed by atoms with E-state index in [-0.39, 0.29) is 11.3 Å². The van der Waals surface area contributed by atoms with E-state index >= 15 is 0 Å². The van der Waals surface area contributed by atoms with Gasteiger partial charge in [-0.1, -0.05) is 18.2 Å². The zero-order valence-corrected chi connectivity index (χ0v) is 19.0. The predicted octanol–water partition coefficient (Wildman–Crippen LogP) is 6.16. The van der Waals surface area contributed by atoms with E-state index < -0.39 is 24.2 Å². The number of aliphatic hydroxyl groups is 1. The number of aromatic nitrogens is 2. The zero-order valence-electron chi connectivity index (χ0n) is 19.0. The van der Waals surface area contributed by atoms with Crippen molar-refractivity contribution in [1.82, 2.24) is 9.78 Å². The number of alkyl halides is 3. The normalized spacial score (nSPS) is 13.6. The van der Waals surface area contributed by atoms with Crippen molar-refractivity contribution >= 4 is 21.7 Å². The lowest BCUT2D eigenvalue weighted by molar-refractivity contribution is -0.275. The Bertz CT molecular complexity index is 1550. The Balaban J connectivity index is 1.47. The third-order valence-electron chi connectivity index (χ3n) is 6.05. The molecule has 1 unspecified atom stereocenters. The van der Waals surface area contributed by atoms with Gasteiger partial charge in [-0.25, -0.2) is 9.07 Å². The highest BCUT2D eigenvalue weighted by atomic mass is 19.4. The lowest BCUT2D eigenvalue weighted by atomic mass is 9.93. The van der Waals surface area contributed by atoms with Crippen molar-refractivity contribution in [3.63, 3.8) is 0 Å². The van der Waals surface area contributed by atoms with Gasteiger partial charge in [-0.15, -0.1) is 0 Å². The molecule has 0 radical (unpaired) electrons. The predicted molar refractivity (Wildman–Crippen MR) is 127 cm³/mol. The third kappa shape index (κ3) is 4.22. The van der Waals surface area contributed by atoms with Crippen molar-refractivity contribution in [1.29, 1.82) is 0 Å². The van der Waals surface area contributed by atoms with Crippen LogP contribution in [0.15, 0.2) is 85.1 Å². The molecule has 1 N–H and O–H groups in total. The van der Waals surface area contributed by atoms with Crippen LogP contribution >= 0.6 is 0 Å². The first-order valence-corrected chi connectivity index (χ1v) is 10.9. The van der Waals surface area contributed by atoms with Crippen LogP contribution in [0.25, 0.3) is 27.4 Å². The van der Waals surface area contributed by atoms with Crippen LogP contribution < -0.4 is 9.47 Å². The molecule has 0 spiro atoms. The lowest BCUT2D eigenvalue weighted by Crippen LogP contribution is -2.47. The van der Waals surface area contributed by atoms with Crippen LogP contribution in [0.5, 0.6) is 11.5 Å². The second-order valence-electron chi connectivity index (χ2n) is 8.33. The Hall–Kier alpha value is -4.11. The minimum Gasteiger partial charge on any atom is -0.497 e.